The first-order valence-corrected chi connectivity index (χ1v) is 10.00. The van der Waals surface area contributed by atoms with Crippen LogP contribution >= 0.6 is 0 Å². The van der Waals surface area contributed by atoms with Crippen molar-refractivity contribution >= 4 is 17.8 Å². The van der Waals surface area contributed by atoms with Gasteiger partial charge in [-0.1, -0.05) is 39.5 Å². The number of carbonyl (C=O) groups is 3. The van der Waals surface area contributed by atoms with Gasteiger partial charge in [-0.15, -0.1) is 0 Å². The van der Waals surface area contributed by atoms with E-state index in [0.29, 0.717) is 18.3 Å². The number of ketones is 1. The third kappa shape index (κ3) is 5.21. The lowest BCUT2D eigenvalue weighted by molar-refractivity contribution is -0.126. The number of nitrogens with two attached hydrogens (primary N) is 1. The van der Waals surface area contributed by atoms with Gasteiger partial charge in [0, 0.05) is 12.3 Å². The molecule has 0 spiro atoms. The highest BCUT2D eigenvalue weighted by atomic mass is 16.5. The molecule has 0 aromatic rings. The zero-order chi connectivity index (χ0) is 19.3. The lowest BCUT2D eigenvalue weighted by Crippen LogP contribution is -2.45. The molecule has 6 nitrogen and oxygen atoms in total. The summed E-state index contributed by atoms with van der Waals surface area (Å²) in [4.78, 5) is 36.6. The number of nitrogens with one attached hydrogen (secondary N) is 1. The summed E-state index contributed by atoms with van der Waals surface area (Å²) >= 11 is 0. The van der Waals surface area contributed by atoms with Crippen LogP contribution < -0.4 is 11.1 Å². The average Bonchev–Trinajstić information content (AvgIpc) is 2.79. The van der Waals surface area contributed by atoms with Crippen molar-refractivity contribution in [2.45, 2.75) is 71.3 Å². The highest BCUT2D eigenvalue weighted by molar-refractivity contribution is 5.88. The van der Waals surface area contributed by atoms with Crippen LogP contribution in [0.1, 0.15) is 65.2 Å². The van der Waals surface area contributed by atoms with Crippen molar-refractivity contribution in [3.8, 4) is 0 Å². The van der Waals surface area contributed by atoms with Gasteiger partial charge in [0.05, 0.1) is 13.2 Å². The molecule has 0 bridgehead atoms. The summed E-state index contributed by atoms with van der Waals surface area (Å²) in [6.07, 6.45) is 7.35. The summed E-state index contributed by atoms with van der Waals surface area (Å²) in [5.74, 6) is 0.615. The first kappa shape index (κ1) is 20.7. The Balaban J connectivity index is 2.09. The minimum atomic E-state index is -0.601. The fourth-order valence-electron chi connectivity index (χ4n) is 4.91. The largest absolute Gasteiger partial charge is 0.453 e. The third-order valence-corrected chi connectivity index (χ3v) is 6.40. The molecule has 0 radical (unpaired) electrons. The standard InChI is InChI=1S/C20H34N2O4/c1-12(2)18(22-20(25)26-3)17(23)11-15-9-8-13-6-4-5-7-14(13)10-16(15)19(21)24/h12-16,18H,4-11H2,1-3H3,(H2,21,24)(H,22,25)/t13-,14+,15?,16-,18?/m1/s1. The Labute approximate surface area is 156 Å². The summed E-state index contributed by atoms with van der Waals surface area (Å²) in [5, 5.41) is 2.64. The van der Waals surface area contributed by atoms with Gasteiger partial charge >= 0.3 is 6.09 Å². The van der Waals surface area contributed by atoms with Gasteiger partial charge in [0.15, 0.2) is 5.78 Å². The van der Waals surface area contributed by atoms with Gasteiger partial charge < -0.3 is 15.8 Å². The lowest BCUT2D eigenvalue weighted by Gasteiger charge is -2.31. The Kier molecular flexibility index (Phi) is 7.47. The van der Waals surface area contributed by atoms with E-state index in [-0.39, 0.29) is 29.4 Å². The van der Waals surface area contributed by atoms with Gasteiger partial charge in [0.2, 0.25) is 5.91 Å². The van der Waals surface area contributed by atoms with Crippen LogP contribution in [-0.2, 0) is 14.3 Å². The zero-order valence-corrected chi connectivity index (χ0v) is 16.3. The van der Waals surface area contributed by atoms with E-state index in [0.717, 1.165) is 19.3 Å². The predicted octanol–water partition coefficient (Wildman–Crippen LogP) is 3.03. The molecule has 5 atom stereocenters. The average molecular weight is 367 g/mol. The molecule has 0 aliphatic heterocycles. The van der Waals surface area contributed by atoms with Crippen LogP contribution in [0.25, 0.3) is 0 Å². The van der Waals surface area contributed by atoms with E-state index < -0.39 is 12.1 Å². The number of rotatable bonds is 6. The molecule has 0 aromatic heterocycles. The van der Waals surface area contributed by atoms with Gasteiger partial charge in [-0.05, 0) is 42.9 Å². The predicted molar refractivity (Wildman–Crippen MR) is 99.3 cm³/mol. The molecule has 2 amide bonds. The van der Waals surface area contributed by atoms with Crippen LogP contribution in [0.15, 0.2) is 0 Å². The van der Waals surface area contributed by atoms with Gasteiger partial charge in [0.1, 0.15) is 0 Å². The molecule has 6 heteroatoms. The second-order valence-corrected chi connectivity index (χ2v) is 8.41. The van der Waals surface area contributed by atoms with E-state index >= 15 is 0 Å². The van der Waals surface area contributed by atoms with Crippen molar-refractivity contribution < 1.29 is 19.1 Å². The SMILES string of the molecule is COC(=O)NC(C(=O)CC1CC[C@H]2CCCC[C@H]2C[C@H]1C(N)=O)C(C)C. The van der Waals surface area contributed by atoms with Gasteiger partial charge in [-0.25, -0.2) is 4.79 Å². The number of methoxy groups -OCH3 is 1. The number of fused-ring (bicyclic) bond motifs is 1. The van der Waals surface area contributed by atoms with Crippen molar-refractivity contribution in [3.63, 3.8) is 0 Å². The maximum atomic E-state index is 12.9. The first-order chi connectivity index (χ1) is 12.3. The fourth-order valence-corrected chi connectivity index (χ4v) is 4.91. The molecule has 2 rings (SSSR count). The lowest BCUT2D eigenvalue weighted by atomic mass is 9.75. The molecule has 0 saturated heterocycles. The van der Waals surface area contributed by atoms with Crippen LogP contribution in [0, 0.1) is 29.6 Å². The number of amides is 2. The van der Waals surface area contributed by atoms with E-state index in [4.69, 9.17) is 5.73 Å². The van der Waals surface area contributed by atoms with Crippen LogP contribution in [-0.4, -0.2) is 30.9 Å². The van der Waals surface area contributed by atoms with Crippen molar-refractivity contribution in [2.24, 2.45) is 35.3 Å². The summed E-state index contributed by atoms with van der Waals surface area (Å²) < 4.78 is 4.64. The number of Topliss-reactive ketones (excluding diaryl/α,β-unsaturated/α-hetero) is 1. The first-order valence-electron chi connectivity index (χ1n) is 10.00. The second kappa shape index (κ2) is 9.38. The number of alkyl carbamates (subject to hydrolysis) is 1. The summed E-state index contributed by atoms with van der Waals surface area (Å²) in [6, 6.07) is -0.596. The van der Waals surface area contributed by atoms with Gasteiger partial charge in [-0.2, -0.15) is 0 Å². The number of primary amides is 1. The van der Waals surface area contributed by atoms with E-state index in [2.05, 4.69) is 10.1 Å². The van der Waals surface area contributed by atoms with Crippen molar-refractivity contribution in [3.05, 3.63) is 0 Å². The maximum absolute atomic E-state index is 12.9. The molecule has 2 aliphatic rings. The van der Waals surface area contributed by atoms with Crippen LogP contribution in [0.4, 0.5) is 4.79 Å². The van der Waals surface area contributed by atoms with Crippen LogP contribution in [0.3, 0.4) is 0 Å². The zero-order valence-electron chi connectivity index (χ0n) is 16.3. The van der Waals surface area contributed by atoms with Gasteiger partial charge in [-0.3, -0.25) is 9.59 Å². The monoisotopic (exact) mass is 366 g/mol. The smallest absolute Gasteiger partial charge is 0.407 e. The number of hydrogen-bond donors (Lipinski definition) is 2. The quantitative estimate of drug-likeness (QED) is 0.755. The number of ether oxygens (including phenoxy) is 1. The van der Waals surface area contributed by atoms with Crippen LogP contribution in [0.2, 0.25) is 0 Å². The third-order valence-electron chi connectivity index (χ3n) is 6.40. The van der Waals surface area contributed by atoms with Gasteiger partial charge in [0.25, 0.3) is 0 Å². The normalized spacial score (nSPS) is 30.0. The minimum Gasteiger partial charge on any atom is -0.453 e. The second-order valence-electron chi connectivity index (χ2n) is 8.41. The van der Waals surface area contributed by atoms with E-state index in [1.165, 1.54) is 32.8 Å². The Bertz CT molecular complexity index is 520. The Morgan fingerprint density at radius 2 is 1.73 bits per heavy atom. The fraction of sp³-hybridized carbons (Fsp3) is 0.850. The Hall–Kier alpha value is -1.59. The Morgan fingerprint density at radius 3 is 2.31 bits per heavy atom. The molecular formula is C20H34N2O4. The van der Waals surface area contributed by atoms with Crippen molar-refractivity contribution in [1.29, 1.82) is 0 Å². The van der Waals surface area contributed by atoms with E-state index in [1.807, 2.05) is 13.8 Å². The Morgan fingerprint density at radius 1 is 1.08 bits per heavy atom. The molecular weight excluding hydrogens is 332 g/mol. The summed E-state index contributed by atoms with van der Waals surface area (Å²) in [7, 11) is 1.29. The summed E-state index contributed by atoms with van der Waals surface area (Å²) in [6.45, 7) is 3.79. The highest BCUT2D eigenvalue weighted by Gasteiger charge is 2.39. The molecule has 2 unspecified atom stereocenters. The topological polar surface area (TPSA) is 98.5 Å². The molecule has 0 aromatic carbocycles. The summed E-state index contributed by atoms with van der Waals surface area (Å²) in [5.41, 5.74) is 5.72. The minimum absolute atomic E-state index is 0.0219. The van der Waals surface area contributed by atoms with Crippen molar-refractivity contribution in [1.82, 2.24) is 5.32 Å². The molecule has 2 fully saturated rings. The molecule has 26 heavy (non-hydrogen) atoms. The van der Waals surface area contributed by atoms with E-state index in [1.54, 1.807) is 0 Å². The number of hydrogen-bond acceptors (Lipinski definition) is 4. The molecule has 2 saturated carbocycles. The van der Waals surface area contributed by atoms with Crippen molar-refractivity contribution in [2.75, 3.05) is 7.11 Å². The number of carbonyl (C=O) groups excluding carboxylic acids is 3. The molecule has 0 heterocycles. The molecule has 3 N–H and O–H groups in total. The van der Waals surface area contributed by atoms with Crippen LogP contribution in [0.5, 0.6) is 0 Å². The highest BCUT2D eigenvalue weighted by Crippen LogP contribution is 2.44. The molecule has 2 aliphatic carbocycles. The maximum Gasteiger partial charge on any atom is 0.407 e. The molecule has 148 valence electrons. The van der Waals surface area contributed by atoms with E-state index in [9.17, 15) is 14.4 Å².